The highest BCUT2D eigenvalue weighted by molar-refractivity contribution is 5.32. The third kappa shape index (κ3) is 5.78. The van der Waals surface area contributed by atoms with Crippen LogP contribution in [0.5, 0.6) is 0 Å². The first-order valence-electron chi connectivity index (χ1n) is 4.93. The van der Waals surface area contributed by atoms with Gasteiger partial charge in [-0.15, -0.1) is 5.73 Å². The molecule has 0 radical (unpaired) electrons. The summed E-state index contributed by atoms with van der Waals surface area (Å²) < 4.78 is 0. The van der Waals surface area contributed by atoms with E-state index in [1.54, 1.807) is 0 Å². The van der Waals surface area contributed by atoms with Gasteiger partial charge in [0.2, 0.25) is 0 Å². The molecule has 0 aromatic carbocycles. The molecule has 0 aliphatic carbocycles. The summed E-state index contributed by atoms with van der Waals surface area (Å²) in [6.07, 6.45) is 5.73. The number of hydrogen-bond donors (Lipinski definition) is 2. The fraction of sp³-hybridized carbons (Fsp3) is 0.417. The fourth-order valence-electron chi connectivity index (χ4n) is 0.932. The van der Waals surface area contributed by atoms with E-state index in [-0.39, 0.29) is 0 Å². The Hall–Kier alpha value is -1.44. The predicted molar refractivity (Wildman–Crippen MR) is 65.8 cm³/mol. The minimum absolute atomic E-state index is 0.669. The van der Waals surface area contributed by atoms with Gasteiger partial charge in [0.25, 0.3) is 0 Å². The average molecular weight is 207 g/mol. The van der Waals surface area contributed by atoms with Crippen molar-refractivity contribution in [3.63, 3.8) is 0 Å². The zero-order chi connectivity index (χ0) is 11.8. The number of rotatable bonds is 4. The van der Waals surface area contributed by atoms with Gasteiger partial charge in [0.15, 0.2) is 0 Å². The molecule has 0 heterocycles. The van der Waals surface area contributed by atoms with E-state index in [4.69, 9.17) is 5.73 Å². The van der Waals surface area contributed by atoms with Crippen molar-refractivity contribution in [2.24, 2.45) is 5.73 Å². The molecule has 0 saturated heterocycles. The number of allylic oxidation sites excluding steroid dienone is 4. The zero-order valence-corrected chi connectivity index (χ0v) is 10.3. The van der Waals surface area contributed by atoms with E-state index in [1.807, 2.05) is 58.1 Å². The van der Waals surface area contributed by atoms with Gasteiger partial charge in [-0.3, -0.25) is 0 Å². The summed E-state index contributed by atoms with van der Waals surface area (Å²) in [4.78, 5) is 0. The monoisotopic (exact) mass is 207 g/mol. The van der Waals surface area contributed by atoms with E-state index < -0.39 is 0 Å². The van der Waals surface area contributed by atoms with Gasteiger partial charge in [-0.1, -0.05) is 6.08 Å². The summed E-state index contributed by atoms with van der Waals surface area (Å²) >= 11 is 0. The Labute approximate surface area is 92.6 Å². The van der Waals surface area contributed by atoms with Crippen molar-refractivity contribution in [3.05, 3.63) is 40.9 Å². The van der Waals surface area contributed by atoms with Crippen molar-refractivity contribution in [2.75, 3.05) is 14.1 Å². The van der Waals surface area contributed by atoms with Crippen LogP contribution in [0, 0.1) is 0 Å². The van der Waals surface area contributed by atoms with E-state index in [9.17, 15) is 0 Å². The van der Waals surface area contributed by atoms with Gasteiger partial charge in [-0.2, -0.15) is 0 Å². The van der Waals surface area contributed by atoms with Gasteiger partial charge >= 0.3 is 0 Å². The predicted octanol–water partition coefficient (Wildman–Crippen LogP) is 1.92. The summed E-state index contributed by atoms with van der Waals surface area (Å²) in [6.45, 7) is 5.94. The first kappa shape index (κ1) is 13.6. The summed E-state index contributed by atoms with van der Waals surface area (Å²) in [5.41, 5.74) is 14.0. The lowest BCUT2D eigenvalue weighted by Crippen LogP contribution is -2.34. The number of nitrogens with zero attached hydrogens (tertiary/aromatic N) is 1. The van der Waals surface area contributed by atoms with E-state index in [1.165, 1.54) is 0 Å². The van der Waals surface area contributed by atoms with Gasteiger partial charge < -0.3 is 11.2 Å². The second-order valence-electron chi connectivity index (χ2n) is 3.52. The Bertz CT molecular complexity index is 316. The molecule has 0 spiro atoms. The number of nitrogens with one attached hydrogen (secondary N) is 1. The lowest BCUT2D eigenvalue weighted by atomic mass is 10.1. The lowest BCUT2D eigenvalue weighted by molar-refractivity contribution is 0.324. The Morgan fingerprint density at radius 1 is 1.33 bits per heavy atom. The molecule has 0 unspecified atom stereocenters. The second-order valence-corrected chi connectivity index (χ2v) is 3.52. The van der Waals surface area contributed by atoms with Crippen molar-refractivity contribution < 1.29 is 0 Å². The highest BCUT2D eigenvalue weighted by Gasteiger charge is 1.99. The highest BCUT2D eigenvalue weighted by atomic mass is 15.5. The van der Waals surface area contributed by atoms with Gasteiger partial charge in [0, 0.05) is 14.1 Å². The maximum atomic E-state index is 5.87. The van der Waals surface area contributed by atoms with E-state index >= 15 is 0 Å². The summed E-state index contributed by atoms with van der Waals surface area (Å²) in [5, 5.41) is 1.81. The molecule has 0 bridgehead atoms. The van der Waals surface area contributed by atoms with Crippen LogP contribution in [0.1, 0.15) is 20.8 Å². The Kier molecular flexibility index (Phi) is 6.27. The third-order valence-electron chi connectivity index (χ3n) is 1.94. The smallest absolute Gasteiger partial charge is 0.114 e. The first-order valence-corrected chi connectivity index (χ1v) is 4.93. The molecule has 0 aromatic rings. The molecule has 84 valence electrons. The van der Waals surface area contributed by atoms with Crippen LogP contribution in [0.3, 0.4) is 0 Å². The standard InChI is InChI=1S/C12H21N3/c1-6-7-8-9-10(2)11(3)12(13)14-15(4)5/h6,8-9,14H,13H2,1-5H3/b10-9+,12-11+. The zero-order valence-electron chi connectivity index (χ0n) is 10.3. The largest absolute Gasteiger partial charge is 0.384 e. The van der Waals surface area contributed by atoms with Gasteiger partial charge in [-0.25, -0.2) is 5.01 Å². The maximum Gasteiger partial charge on any atom is 0.114 e. The molecular weight excluding hydrogens is 186 g/mol. The molecule has 0 aliphatic heterocycles. The Morgan fingerprint density at radius 2 is 1.93 bits per heavy atom. The van der Waals surface area contributed by atoms with Crippen molar-refractivity contribution in [1.29, 1.82) is 0 Å². The van der Waals surface area contributed by atoms with Crippen molar-refractivity contribution >= 4 is 0 Å². The van der Waals surface area contributed by atoms with Crippen LogP contribution in [0.2, 0.25) is 0 Å². The van der Waals surface area contributed by atoms with Crippen LogP contribution < -0.4 is 11.2 Å². The van der Waals surface area contributed by atoms with Crippen molar-refractivity contribution in [1.82, 2.24) is 10.4 Å². The van der Waals surface area contributed by atoms with Crippen LogP contribution in [0.4, 0.5) is 0 Å². The minimum Gasteiger partial charge on any atom is -0.384 e. The molecule has 0 fully saturated rings. The molecule has 0 aliphatic rings. The maximum absolute atomic E-state index is 5.87. The summed E-state index contributed by atoms with van der Waals surface area (Å²) in [7, 11) is 3.80. The fourth-order valence-corrected chi connectivity index (χ4v) is 0.932. The third-order valence-corrected chi connectivity index (χ3v) is 1.94. The average Bonchev–Trinajstić information content (AvgIpc) is 2.15. The number of nitrogens with two attached hydrogens (primary N) is 1. The molecule has 0 saturated carbocycles. The molecular formula is C12H21N3. The summed E-state index contributed by atoms with van der Waals surface area (Å²) in [6, 6.07) is 0. The molecule has 15 heavy (non-hydrogen) atoms. The topological polar surface area (TPSA) is 41.3 Å². The van der Waals surface area contributed by atoms with Crippen LogP contribution in [0.25, 0.3) is 0 Å². The van der Waals surface area contributed by atoms with E-state index in [0.717, 1.165) is 11.1 Å². The molecule has 3 N–H and O–H groups in total. The highest BCUT2D eigenvalue weighted by Crippen LogP contribution is 2.09. The van der Waals surface area contributed by atoms with Gasteiger partial charge in [0.1, 0.15) is 5.82 Å². The SMILES string of the molecule is CC=C=C/C=C(C)/C(C)=C(\N)NN(C)C. The second kappa shape index (κ2) is 6.93. The summed E-state index contributed by atoms with van der Waals surface area (Å²) in [5.74, 6) is 0.669. The van der Waals surface area contributed by atoms with Gasteiger partial charge in [0.05, 0.1) is 0 Å². The van der Waals surface area contributed by atoms with Crippen LogP contribution in [-0.2, 0) is 0 Å². The first-order chi connectivity index (χ1) is 6.99. The van der Waals surface area contributed by atoms with Crippen LogP contribution in [-0.4, -0.2) is 19.1 Å². The molecule has 0 amide bonds. The minimum atomic E-state index is 0.669. The molecule has 3 nitrogen and oxygen atoms in total. The van der Waals surface area contributed by atoms with E-state index in [2.05, 4.69) is 11.2 Å². The molecule has 3 heteroatoms. The van der Waals surface area contributed by atoms with E-state index in [0.29, 0.717) is 5.82 Å². The number of hydrogen-bond acceptors (Lipinski definition) is 3. The Morgan fingerprint density at radius 3 is 2.40 bits per heavy atom. The lowest BCUT2D eigenvalue weighted by Gasteiger charge is -2.16. The van der Waals surface area contributed by atoms with Crippen LogP contribution in [0.15, 0.2) is 40.9 Å². The van der Waals surface area contributed by atoms with Crippen molar-refractivity contribution in [3.8, 4) is 0 Å². The normalized spacial score (nSPS) is 13.1. The van der Waals surface area contributed by atoms with Gasteiger partial charge in [-0.05, 0) is 44.1 Å². The number of hydrazine groups is 1. The molecule has 0 rings (SSSR count). The molecule has 0 atom stereocenters. The van der Waals surface area contributed by atoms with Crippen LogP contribution >= 0.6 is 0 Å². The Balaban J connectivity index is 4.74. The van der Waals surface area contributed by atoms with Crippen molar-refractivity contribution in [2.45, 2.75) is 20.8 Å². The quantitative estimate of drug-likeness (QED) is 0.420. The molecule has 0 aromatic heterocycles.